The van der Waals surface area contributed by atoms with Crippen LogP contribution in [0.25, 0.3) is 6.08 Å². The molecular formula is C25H19BrClN3O6. The molecule has 1 aliphatic rings. The van der Waals surface area contributed by atoms with E-state index in [2.05, 4.69) is 21.2 Å². The van der Waals surface area contributed by atoms with Crippen molar-refractivity contribution in [2.45, 2.75) is 13.5 Å². The summed E-state index contributed by atoms with van der Waals surface area (Å²) >= 11 is 9.39. The van der Waals surface area contributed by atoms with Gasteiger partial charge in [0.25, 0.3) is 11.6 Å². The van der Waals surface area contributed by atoms with Gasteiger partial charge in [-0.3, -0.25) is 14.9 Å². The summed E-state index contributed by atoms with van der Waals surface area (Å²) in [6.07, 6.45) is 1.55. The summed E-state index contributed by atoms with van der Waals surface area (Å²) in [5, 5.41) is 13.9. The van der Waals surface area contributed by atoms with Crippen molar-refractivity contribution in [3.05, 3.63) is 97.1 Å². The number of rotatable bonds is 8. The van der Waals surface area contributed by atoms with Gasteiger partial charge in [-0.1, -0.05) is 11.6 Å². The number of imide groups is 1. The molecule has 0 atom stereocenters. The van der Waals surface area contributed by atoms with Crippen LogP contribution in [-0.4, -0.2) is 23.5 Å². The maximum atomic E-state index is 12.9. The summed E-state index contributed by atoms with van der Waals surface area (Å²) < 4.78 is 12.2. The predicted octanol–water partition coefficient (Wildman–Crippen LogP) is 6.09. The number of nitro groups is 1. The largest absolute Gasteiger partial charge is 0.490 e. The second kappa shape index (κ2) is 10.8. The number of benzene rings is 3. The first-order chi connectivity index (χ1) is 17.3. The molecule has 0 aromatic heterocycles. The number of carbonyl (C=O) groups is 2. The number of nitrogens with one attached hydrogen (secondary N) is 1. The van der Waals surface area contributed by atoms with Crippen LogP contribution in [0.5, 0.6) is 11.5 Å². The summed E-state index contributed by atoms with van der Waals surface area (Å²) in [4.78, 5) is 36.8. The van der Waals surface area contributed by atoms with Crippen molar-refractivity contribution in [2.24, 2.45) is 0 Å². The molecule has 3 aromatic carbocycles. The monoisotopic (exact) mass is 571 g/mol. The smallest absolute Gasteiger partial charge is 0.333 e. The van der Waals surface area contributed by atoms with Gasteiger partial charge in [0.15, 0.2) is 11.5 Å². The Balaban J connectivity index is 1.57. The number of non-ortho nitro benzene ring substituents is 1. The van der Waals surface area contributed by atoms with Crippen LogP contribution in [0.3, 0.4) is 0 Å². The van der Waals surface area contributed by atoms with Gasteiger partial charge in [0.05, 0.1) is 21.7 Å². The zero-order valence-electron chi connectivity index (χ0n) is 18.9. The minimum absolute atomic E-state index is 0.00416. The Kier molecular flexibility index (Phi) is 7.56. The quantitative estimate of drug-likeness (QED) is 0.151. The number of hydrogen-bond donors (Lipinski definition) is 1. The van der Waals surface area contributed by atoms with E-state index in [1.165, 1.54) is 12.1 Å². The number of nitro benzene ring substituents is 1. The van der Waals surface area contributed by atoms with E-state index in [9.17, 15) is 19.7 Å². The van der Waals surface area contributed by atoms with Gasteiger partial charge in [-0.05, 0) is 88.6 Å². The first-order valence-corrected chi connectivity index (χ1v) is 11.9. The molecule has 0 radical (unpaired) electrons. The van der Waals surface area contributed by atoms with Gasteiger partial charge < -0.3 is 14.8 Å². The second-order valence-corrected chi connectivity index (χ2v) is 8.87. The molecule has 1 fully saturated rings. The molecule has 9 nitrogen and oxygen atoms in total. The standard InChI is InChI=1S/C25H19BrClN3O6/c1-2-35-22-13-16(11-20(26)23(22)36-14-15-3-7-19(8-4-15)30(33)34)12-21-24(31)29(25(32)28-21)18-9-5-17(27)6-10-18/h3-13H,2,14H2,1H3,(H,28,32)/b21-12+. The highest BCUT2D eigenvalue weighted by Gasteiger charge is 2.34. The molecule has 184 valence electrons. The Hall–Kier alpha value is -3.89. The predicted molar refractivity (Wildman–Crippen MR) is 138 cm³/mol. The van der Waals surface area contributed by atoms with Gasteiger partial charge in [-0.15, -0.1) is 0 Å². The number of anilines is 1. The normalized spacial score (nSPS) is 14.2. The number of urea groups is 1. The van der Waals surface area contributed by atoms with Crippen LogP contribution in [0.15, 0.2) is 70.8 Å². The average Bonchev–Trinajstić information content (AvgIpc) is 3.12. The third-order valence-electron chi connectivity index (χ3n) is 5.14. The molecule has 0 aliphatic carbocycles. The van der Waals surface area contributed by atoms with Crippen LogP contribution in [0.4, 0.5) is 16.2 Å². The van der Waals surface area contributed by atoms with Gasteiger partial charge >= 0.3 is 6.03 Å². The summed E-state index contributed by atoms with van der Waals surface area (Å²) in [6, 6.07) is 15.3. The SMILES string of the molecule is CCOc1cc(/C=C2/NC(=O)N(c3ccc(Cl)cc3)C2=O)cc(Br)c1OCc1ccc([N+](=O)[O-])cc1. The Morgan fingerprint density at radius 2 is 1.78 bits per heavy atom. The van der Waals surface area contributed by atoms with E-state index in [0.29, 0.717) is 38.9 Å². The fraction of sp³-hybridized carbons (Fsp3) is 0.120. The van der Waals surface area contributed by atoms with Crippen LogP contribution < -0.4 is 19.7 Å². The van der Waals surface area contributed by atoms with E-state index in [0.717, 1.165) is 10.5 Å². The Bertz CT molecular complexity index is 1360. The molecule has 1 N–H and O–H groups in total. The average molecular weight is 573 g/mol. The van der Waals surface area contributed by atoms with Crippen LogP contribution >= 0.6 is 27.5 Å². The van der Waals surface area contributed by atoms with E-state index in [4.69, 9.17) is 21.1 Å². The van der Waals surface area contributed by atoms with Crippen molar-refractivity contribution in [2.75, 3.05) is 11.5 Å². The Labute approximate surface area is 219 Å². The fourth-order valence-corrected chi connectivity index (χ4v) is 4.17. The summed E-state index contributed by atoms with van der Waals surface area (Å²) in [5.41, 5.74) is 1.83. The third kappa shape index (κ3) is 5.50. The maximum Gasteiger partial charge on any atom is 0.333 e. The van der Waals surface area contributed by atoms with Crippen molar-refractivity contribution in [1.82, 2.24) is 5.32 Å². The van der Waals surface area contributed by atoms with Gasteiger partial charge in [0.2, 0.25) is 0 Å². The van der Waals surface area contributed by atoms with Crippen molar-refractivity contribution in [3.8, 4) is 11.5 Å². The molecule has 4 rings (SSSR count). The highest BCUT2D eigenvalue weighted by atomic mass is 79.9. The fourth-order valence-electron chi connectivity index (χ4n) is 3.47. The van der Waals surface area contributed by atoms with Gasteiger partial charge in [-0.2, -0.15) is 0 Å². The minimum atomic E-state index is -0.569. The van der Waals surface area contributed by atoms with Crippen molar-refractivity contribution >= 4 is 56.9 Å². The van der Waals surface area contributed by atoms with E-state index in [1.54, 1.807) is 54.6 Å². The number of carbonyl (C=O) groups excluding carboxylic acids is 2. The van der Waals surface area contributed by atoms with E-state index in [1.807, 2.05) is 6.92 Å². The molecule has 1 saturated heterocycles. The lowest BCUT2D eigenvalue weighted by Gasteiger charge is -2.15. The Morgan fingerprint density at radius 1 is 1.08 bits per heavy atom. The molecule has 0 bridgehead atoms. The number of halogens is 2. The number of hydrogen-bond acceptors (Lipinski definition) is 6. The summed E-state index contributed by atoms with van der Waals surface area (Å²) in [5.74, 6) is 0.351. The van der Waals surface area contributed by atoms with Crippen molar-refractivity contribution in [3.63, 3.8) is 0 Å². The van der Waals surface area contributed by atoms with E-state index >= 15 is 0 Å². The molecule has 11 heteroatoms. The lowest BCUT2D eigenvalue weighted by Crippen LogP contribution is -2.30. The van der Waals surface area contributed by atoms with Crippen LogP contribution in [0.1, 0.15) is 18.1 Å². The number of nitrogens with zero attached hydrogens (tertiary/aromatic N) is 2. The second-order valence-electron chi connectivity index (χ2n) is 7.58. The van der Waals surface area contributed by atoms with Gasteiger partial charge in [0, 0.05) is 17.2 Å². The molecule has 0 saturated carbocycles. The van der Waals surface area contributed by atoms with Gasteiger partial charge in [0.1, 0.15) is 12.3 Å². The lowest BCUT2D eigenvalue weighted by atomic mass is 10.1. The maximum absolute atomic E-state index is 12.9. The molecule has 36 heavy (non-hydrogen) atoms. The zero-order chi connectivity index (χ0) is 25.8. The van der Waals surface area contributed by atoms with E-state index < -0.39 is 16.9 Å². The minimum Gasteiger partial charge on any atom is -0.490 e. The highest BCUT2D eigenvalue weighted by molar-refractivity contribution is 9.10. The molecule has 3 aromatic rings. The topological polar surface area (TPSA) is 111 Å². The van der Waals surface area contributed by atoms with Crippen molar-refractivity contribution < 1.29 is 24.0 Å². The number of ether oxygens (including phenoxy) is 2. The Morgan fingerprint density at radius 3 is 2.42 bits per heavy atom. The van der Waals surface area contributed by atoms with Crippen LogP contribution in [-0.2, 0) is 11.4 Å². The molecule has 3 amide bonds. The number of amides is 3. The lowest BCUT2D eigenvalue weighted by molar-refractivity contribution is -0.384. The third-order valence-corrected chi connectivity index (χ3v) is 5.98. The summed E-state index contributed by atoms with van der Waals surface area (Å²) in [7, 11) is 0. The molecular weight excluding hydrogens is 554 g/mol. The van der Waals surface area contributed by atoms with Crippen molar-refractivity contribution in [1.29, 1.82) is 0 Å². The molecule has 1 heterocycles. The first-order valence-electron chi connectivity index (χ1n) is 10.7. The van der Waals surface area contributed by atoms with Crippen LogP contribution in [0, 0.1) is 10.1 Å². The first kappa shape index (κ1) is 25.2. The van der Waals surface area contributed by atoms with Crippen LogP contribution in [0.2, 0.25) is 5.02 Å². The summed E-state index contributed by atoms with van der Waals surface area (Å²) in [6.45, 7) is 2.34. The molecule has 1 aliphatic heterocycles. The highest BCUT2D eigenvalue weighted by Crippen LogP contribution is 2.38. The van der Waals surface area contributed by atoms with Gasteiger partial charge in [-0.25, -0.2) is 9.69 Å². The molecule has 0 spiro atoms. The molecule has 0 unspecified atom stereocenters. The van der Waals surface area contributed by atoms with E-state index in [-0.39, 0.29) is 18.0 Å². The zero-order valence-corrected chi connectivity index (χ0v) is 21.2.